The van der Waals surface area contributed by atoms with E-state index in [1.165, 1.54) is 12.3 Å². The molecule has 1 aromatic rings. The van der Waals surface area contributed by atoms with Gasteiger partial charge in [-0.05, 0) is 19.4 Å². The molecule has 0 aromatic carbocycles. The zero-order chi connectivity index (χ0) is 16.2. The van der Waals surface area contributed by atoms with Crippen LogP contribution in [0.4, 0.5) is 0 Å². The Morgan fingerprint density at radius 3 is 2.62 bits per heavy atom. The molecule has 0 fully saturated rings. The number of primary sulfonamides is 1. The summed E-state index contributed by atoms with van der Waals surface area (Å²) in [5.41, 5.74) is 0.231. The van der Waals surface area contributed by atoms with E-state index in [-0.39, 0.29) is 16.6 Å². The van der Waals surface area contributed by atoms with E-state index < -0.39 is 26.7 Å². The average molecular weight is 335 g/mol. The quantitative estimate of drug-likeness (QED) is 0.733. The fourth-order valence-electron chi connectivity index (χ4n) is 1.95. The van der Waals surface area contributed by atoms with Gasteiger partial charge in [-0.25, -0.2) is 13.6 Å². The van der Waals surface area contributed by atoms with Gasteiger partial charge in [0, 0.05) is 41.6 Å². The second kappa shape index (κ2) is 7.19. The Morgan fingerprint density at radius 2 is 2.14 bits per heavy atom. The summed E-state index contributed by atoms with van der Waals surface area (Å²) in [4.78, 5) is 12.1. The van der Waals surface area contributed by atoms with Crippen molar-refractivity contribution in [2.45, 2.75) is 37.8 Å². The summed E-state index contributed by atoms with van der Waals surface area (Å²) in [6.45, 7) is 4.17. The first-order chi connectivity index (χ1) is 9.65. The zero-order valence-electron chi connectivity index (χ0n) is 12.3. The molecule has 1 aromatic heterocycles. The Balaban J connectivity index is 3.02. The van der Waals surface area contributed by atoms with Crippen molar-refractivity contribution in [3.05, 3.63) is 18.0 Å². The molecule has 3 N–H and O–H groups in total. The van der Waals surface area contributed by atoms with Crippen molar-refractivity contribution in [2.75, 3.05) is 12.0 Å². The van der Waals surface area contributed by atoms with Crippen molar-refractivity contribution in [3.8, 4) is 0 Å². The van der Waals surface area contributed by atoms with Gasteiger partial charge in [-0.3, -0.25) is 9.00 Å². The van der Waals surface area contributed by atoms with Crippen LogP contribution in [0.5, 0.6) is 0 Å². The third-order valence-corrected chi connectivity index (χ3v) is 4.61. The lowest BCUT2D eigenvalue weighted by Crippen LogP contribution is -2.37. The van der Waals surface area contributed by atoms with Crippen molar-refractivity contribution in [1.29, 1.82) is 0 Å². The van der Waals surface area contributed by atoms with Crippen LogP contribution in [0, 0.1) is 0 Å². The number of nitrogens with two attached hydrogens (primary N) is 1. The van der Waals surface area contributed by atoms with Crippen molar-refractivity contribution < 1.29 is 17.4 Å². The Labute approximate surface area is 127 Å². The topological polar surface area (TPSA) is 111 Å². The van der Waals surface area contributed by atoms with Gasteiger partial charge in [0.05, 0.1) is 0 Å². The molecule has 1 amide bonds. The number of sulfonamides is 1. The van der Waals surface area contributed by atoms with Gasteiger partial charge in [0.1, 0.15) is 10.6 Å². The molecule has 0 aliphatic heterocycles. The van der Waals surface area contributed by atoms with Crippen LogP contribution in [0.2, 0.25) is 0 Å². The smallest absolute Gasteiger partial charge is 0.268 e. The summed E-state index contributed by atoms with van der Waals surface area (Å²) in [5, 5.41) is 7.79. The first kappa shape index (κ1) is 17.9. The lowest BCUT2D eigenvalue weighted by molar-refractivity contribution is 0.0934. The SMILES string of the molecule is CCCn1cc(S(N)(=O)=O)cc1C(=O)NC(C)CS(C)=O. The minimum absolute atomic E-state index is 0.0900. The van der Waals surface area contributed by atoms with Crippen LogP contribution in [0.25, 0.3) is 0 Å². The number of carbonyl (C=O) groups excluding carboxylic acids is 1. The second-order valence-corrected chi connectivity index (χ2v) is 7.95. The number of nitrogens with one attached hydrogen (secondary N) is 1. The third-order valence-electron chi connectivity index (χ3n) is 2.76. The molecule has 2 unspecified atom stereocenters. The standard InChI is InChI=1S/C12H21N3O4S2/c1-4-5-15-7-10(21(13,18)19)6-11(15)12(16)14-9(2)8-20(3)17/h6-7,9H,4-5,8H2,1-3H3,(H,14,16)(H2,13,18,19). The Kier molecular flexibility index (Phi) is 6.11. The highest BCUT2D eigenvalue weighted by Crippen LogP contribution is 2.14. The Bertz CT molecular complexity index is 637. The van der Waals surface area contributed by atoms with Gasteiger partial charge in [-0.1, -0.05) is 6.92 Å². The maximum absolute atomic E-state index is 12.2. The van der Waals surface area contributed by atoms with E-state index in [1.807, 2.05) is 6.92 Å². The maximum Gasteiger partial charge on any atom is 0.268 e. The number of amides is 1. The number of rotatable bonds is 7. The zero-order valence-corrected chi connectivity index (χ0v) is 14.0. The van der Waals surface area contributed by atoms with Crippen LogP contribution in [0.15, 0.2) is 17.2 Å². The lowest BCUT2D eigenvalue weighted by Gasteiger charge is -2.13. The van der Waals surface area contributed by atoms with Crippen LogP contribution in [-0.2, 0) is 27.4 Å². The molecule has 0 saturated carbocycles. The summed E-state index contributed by atoms with van der Waals surface area (Å²) in [6.07, 6.45) is 3.66. The summed E-state index contributed by atoms with van der Waals surface area (Å²) in [7, 11) is -4.88. The molecular weight excluding hydrogens is 314 g/mol. The molecule has 2 atom stereocenters. The van der Waals surface area contributed by atoms with Crippen molar-refractivity contribution in [2.24, 2.45) is 5.14 Å². The summed E-state index contributed by atoms with van der Waals surface area (Å²) < 4.78 is 35.5. The van der Waals surface area contributed by atoms with Crippen LogP contribution in [0.3, 0.4) is 0 Å². The number of aromatic nitrogens is 1. The van der Waals surface area contributed by atoms with E-state index in [9.17, 15) is 17.4 Å². The first-order valence-electron chi connectivity index (χ1n) is 6.49. The number of carbonyl (C=O) groups is 1. The predicted molar refractivity (Wildman–Crippen MR) is 82.0 cm³/mol. The summed E-state index contributed by atoms with van der Waals surface area (Å²) in [5.74, 6) is -0.0706. The Morgan fingerprint density at radius 1 is 1.52 bits per heavy atom. The molecule has 0 radical (unpaired) electrons. The molecule has 120 valence electrons. The molecule has 21 heavy (non-hydrogen) atoms. The largest absolute Gasteiger partial charge is 0.347 e. The molecule has 0 aliphatic carbocycles. The van der Waals surface area contributed by atoms with Crippen LogP contribution >= 0.6 is 0 Å². The van der Waals surface area contributed by atoms with E-state index in [0.29, 0.717) is 12.3 Å². The molecule has 0 spiro atoms. The van der Waals surface area contributed by atoms with Gasteiger partial charge < -0.3 is 9.88 Å². The third kappa shape index (κ3) is 5.25. The van der Waals surface area contributed by atoms with Crippen LogP contribution in [0.1, 0.15) is 30.8 Å². The molecule has 7 nitrogen and oxygen atoms in total. The minimum atomic E-state index is -3.85. The summed E-state index contributed by atoms with van der Waals surface area (Å²) in [6, 6.07) is 0.988. The molecule has 0 aliphatic rings. The second-order valence-electron chi connectivity index (χ2n) is 4.91. The molecule has 1 rings (SSSR count). The van der Waals surface area contributed by atoms with Crippen molar-refractivity contribution in [3.63, 3.8) is 0 Å². The van der Waals surface area contributed by atoms with Gasteiger partial charge in [-0.15, -0.1) is 0 Å². The average Bonchev–Trinajstić information content (AvgIpc) is 2.71. The van der Waals surface area contributed by atoms with E-state index in [2.05, 4.69) is 5.32 Å². The summed E-state index contributed by atoms with van der Waals surface area (Å²) >= 11 is 0. The highest BCUT2D eigenvalue weighted by atomic mass is 32.2. The predicted octanol–water partition coefficient (Wildman–Crippen LogP) is 0.0423. The highest BCUT2D eigenvalue weighted by molar-refractivity contribution is 7.89. The number of nitrogens with zero attached hydrogens (tertiary/aromatic N) is 1. The lowest BCUT2D eigenvalue weighted by atomic mass is 10.3. The van der Waals surface area contributed by atoms with E-state index >= 15 is 0 Å². The fourth-order valence-corrected chi connectivity index (χ4v) is 3.28. The van der Waals surface area contributed by atoms with Gasteiger partial charge in [0.15, 0.2) is 0 Å². The molecular formula is C12H21N3O4S2. The van der Waals surface area contributed by atoms with Crippen molar-refractivity contribution in [1.82, 2.24) is 9.88 Å². The fraction of sp³-hybridized carbons (Fsp3) is 0.583. The van der Waals surface area contributed by atoms with E-state index in [4.69, 9.17) is 5.14 Å². The normalized spacial score (nSPS) is 14.7. The number of hydrogen-bond donors (Lipinski definition) is 2. The van der Waals surface area contributed by atoms with Gasteiger partial charge in [0.2, 0.25) is 10.0 Å². The number of hydrogen-bond acceptors (Lipinski definition) is 4. The molecule has 1 heterocycles. The van der Waals surface area contributed by atoms with Crippen LogP contribution in [-0.4, -0.2) is 41.2 Å². The van der Waals surface area contributed by atoms with E-state index in [0.717, 1.165) is 6.42 Å². The monoisotopic (exact) mass is 335 g/mol. The highest BCUT2D eigenvalue weighted by Gasteiger charge is 2.20. The van der Waals surface area contributed by atoms with Crippen LogP contribution < -0.4 is 10.5 Å². The maximum atomic E-state index is 12.2. The Hall–Kier alpha value is -1.19. The van der Waals surface area contributed by atoms with E-state index in [1.54, 1.807) is 17.7 Å². The first-order valence-corrected chi connectivity index (χ1v) is 9.76. The van der Waals surface area contributed by atoms with Gasteiger partial charge in [-0.2, -0.15) is 0 Å². The number of aryl methyl sites for hydroxylation is 1. The molecule has 0 saturated heterocycles. The minimum Gasteiger partial charge on any atom is -0.347 e. The molecule has 0 bridgehead atoms. The molecule has 9 heteroatoms. The van der Waals surface area contributed by atoms with Gasteiger partial charge in [0.25, 0.3) is 5.91 Å². The van der Waals surface area contributed by atoms with Gasteiger partial charge >= 0.3 is 0 Å². The van der Waals surface area contributed by atoms with Crippen molar-refractivity contribution >= 4 is 26.7 Å².